The van der Waals surface area contributed by atoms with Gasteiger partial charge in [-0.1, -0.05) is 38.5 Å². The van der Waals surface area contributed by atoms with Crippen LogP contribution in [0.5, 0.6) is 5.75 Å². The van der Waals surface area contributed by atoms with E-state index < -0.39 is 11.9 Å². The van der Waals surface area contributed by atoms with Crippen molar-refractivity contribution in [1.29, 1.82) is 5.41 Å². The van der Waals surface area contributed by atoms with Crippen LogP contribution in [0.1, 0.15) is 66.4 Å². The van der Waals surface area contributed by atoms with Gasteiger partial charge in [-0.05, 0) is 64.2 Å². The van der Waals surface area contributed by atoms with E-state index in [1.54, 1.807) is 21.0 Å². The monoisotopic (exact) mass is 489 g/mol. The van der Waals surface area contributed by atoms with Crippen molar-refractivity contribution >= 4 is 23.5 Å². The highest BCUT2D eigenvalue weighted by atomic mass is 16.5. The van der Waals surface area contributed by atoms with Gasteiger partial charge in [0.2, 0.25) is 5.91 Å². The number of benzene rings is 1. The van der Waals surface area contributed by atoms with Crippen LogP contribution >= 0.6 is 0 Å². The SMILES string of the molecule is CCOC(=O)CCCNC(=O)C(NC(=O)/C(C(C)=N)=C(\C)CC)C(C)C.COc1cccc(C)c1. The number of nitrogens with one attached hydrogen (secondary N) is 3. The van der Waals surface area contributed by atoms with E-state index in [0.717, 1.165) is 11.3 Å². The van der Waals surface area contributed by atoms with E-state index in [-0.39, 0.29) is 29.9 Å². The van der Waals surface area contributed by atoms with Gasteiger partial charge in [0.1, 0.15) is 11.8 Å². The summed E-state index contributed by atoms with van der Waals surface area (Å²) in [7, 11) is 1.68. The smallest absolute Gasteiger partial charge is 0.305 e. The van der Waals surface area contributed by atoms with E-state index in [2.05, 4.69) is 10.6 Å². The molecule has 8 heteroatoms. The van der Waals surface area contributed by atoms with Crippen LogP contribution < -0.4 is 15.4 Å². The number of carbonyl (C=O) groups excluding carboxylic acids is 3. The van der Waals surface area contributed by atoms with Gasteiger partial charge in [0, 0.05) is 18.7 Å². The minimum Gasteiger partial charge on any atom is -0.497 e. The Hall–Kier alpha value is -3.16. The maximum atomic E-state index is 12.5. The predicted octanol–water partition coefficient (Wildman–Crippen LogP) is 4.36. The molecule has 0 saturated heterocycles. The van der Waals surface area contributed by atoms with Crippen LogP contribution in [0.15, 0.2) is 35.4 Å². The van der Waals surface area contributed by atoms with Gasteiger partial charge >= 0.3 is 5.97 Å². The molecule has 1 rings (SSSR count). The van der Waals surface area contributed by atoms with E-state index >= 15 is 0 Å². The lowest BCUT2D eigenvalue weighted by Gasteiger charge is -2.23. The Morgan fingerprint density at radius 2 is 1.77 bits per heavy atom. The number of aryl methyl sites for hydroxylation is 1. The maximum Gasteiger partial charge on any atom is 0.305 e. The summed E-state index contributed by atoms with van der Waals surface area (Å²) in [6, 6.07) is 7.26. The number of esters is 1. The molecule has 196 valence electrons. The molecule has 0 bridgehead atoms. The normalized spacial score (nSPS) is 11.9. The average molecular weight is 490 g/mol. The van der Waals surface area contributed by atoms with Crippen LogP contribution in [0.2, 0.25) is 0 Å². The van der Waals surface area contributed by atoms with Gasteiger partial charge in [0.15, 0.2) is 0 Å². The molecule has 0 spiro atoms. The molecule has 0 saturated carbocycles. The zero-order chi connectivity index (χ0) is 27.0. The molecule has 0 aromatic heterocycles. The van der Waals surface area contributed by atoms with Crippen molar-refractivity contribution in [2.24, 2.45) is 5.92 Å². The lowest BCUT2D eigenvalue weighted by Crippen LogP contribution is -2.50. The molecule has 1 unspecified atom stereocenters. The van der Waals surface area contributed by atoms with E-state index in [0.29, 0.717) is 31.6 Å². The van der Waals surface area contributed by atoms with Crippen LogP contribution in [0.4, 0.5) is 0 Å². The summed E-state index contributed by atoms with van der Waals surface area (Å²) in [6.07, 6.45) is 1.37. The standard InChI is InChI=1S/C19H33N3O4.C8H10O/c1-7-13(5)16(14(6)20)18(24)22-17(12(3)4)19(25)21-11-9-10-15(23)26-8-2;1-7-4-3-5-8(6-7)9-2/h12,17,20H,7-11H2,1-6H3,(H,21,25)(H,22,24);3-6H,1-2H3/b16-13+,20-14?;. The second-order valence-corrected chi connectivity index (χ2v) is 8.55. The van der Waals surface area contributed by atoms with Crippen molar-refractivity contribution in [2.75, 3.05) is 20.3 Å². The van der Waals surface area contributed by atoms with Crippen LogP contribution in [0.25, 0.3) is 0 Å². The summed E-state index contributed by atoms with van der Waals surface area (Å²) < 4.78 is 9.83. The van der Waals surface area contributed by atoms with E-state index in [1.165, 1.54) is 5.56 Å². The largest absolute Gasteiger partial charge is 0.497 e. The molecule has 1 atom stereocenters. The second kappa shape index (κ2) is 17.3. The van der Waals surface area contributed by atoms with Gasteiger partial charge in [0.25, 0.3) is 5.91 Å². The first-order valence-electron chi connectivity index (χ1n) is 12.1. The molecule has 1 aromatic carbocycles. The fraction of sp³-hybridized carbons (Fsp3) is 0.556. The fourth-order valence-electron chi connectivity index (χ4n) is 3.14. The summed E-state index contributed by atoms with van der Waals surface area (Å²) in [4.78, 5) is 36.2. The summed E-state index contributed by atoms with van der Waals surface area (Å²) in [5.74, 6) is -0.180. The molecular formula is C27H43N3O5. The molecule has 2 amide bonds. The molecular weight excluding hydrogens is 446 g/mol. The zero-order valence-electron chi connectivity index (χ0n) is 22.5. The summed E-state index contributed by atoms with van der Waals surface area (Å²) in [5, 5.41) is 13.3. The number of hydrogen-bond donors (Lipinski definition) is 3. The lowest BCUT2D eigenvalue weighted by atomic mass is 9.99. The number of amides is 2. The van der Waals surface area contributed by atoms with Gasteiger partial charge in [-0.15, -0.1) is 0 Å². The Bertz CT molecular complexity index is 877. The third-order valence-electron chi connectivity index (χ3n) is 5.18. The van der Waals surface area contributed by atoms with Crippen LogP contribution in [0, 0.1) is 18.3 Å². The van der Waals surface area contributed by atoms with Crippen LogP contribution in [-0.2, 0) is 19.1 Å². The molecule has 0 fully saturated rings. The molecule has 0 radical (unpaired) electrons. The minimum atomic E-state index is -0.705. The molecule has 1 aromatic rings. The zero-order valence-corrected chi connectivity index (χ0v) is 22.5. The van der Waals surface area contributed by atoms with Crippen LogP contribution in [0.3, 0.4) is 0 Å². The highest BCUT2D eigenvalue weighted by Crippen LogP contribution is 2.12. The van der Waals surface area contributed by atoms with Gasteiger partial charge < -0.3 is 25.5 Å². The lowest BCUT2D eigenvalue weighted by molar-refractivity contribution is -0.143. The molecule has 3 N–H and O–H groups in total. The van der Waals surface area contributed by atoms with Gasteiger partial charge in [0.05, 0.1) is 19.3 Å². The van der Waals surface area contributed by atoms with E-state index in [1.807, 2.05) is 58.9 Å². The van der Waals surface area contributed by atoms with Crippen molar-refractivity contribution in [1.82, 2.24) is 10.6 Å². The molecule has 35 heavy (non-hydrogen) atoms. The first-order chi connectivity index (χ1) is 16.5. The Kier molecular flexibility index (Phi) is 15.7. The Morgan fingerprint density at radius 3 is 2.23 bits per heavy atom. The van der Waals surface area contributed by atoms with Crippen molar-refractivity contribution < 1.29 is 23.9 Å². The Morgan fingerprint density at radius 1 is 1.11 bits per heavy atom. The van der Waals surface area contributed by atoms with Crippen molar-refractivity contribution in [2.45, 2.75) is 73.8 Å². The number of hydrogen-bond acceptors (Lipinski definition) is 6. The van der Waals surface area contributed by atoms with E-state index in [9.17, 15) is 14.4 Å². The summed E-state index contributed by atoms with van der Waals surface area (Å²) in [6.45, 7) is 13.4. The molecule has 0 aliphatic carbocycles. The molecule has 8 nitrogen and oxygen atoms in total. The summed E-state index contributed by atoms with van der Waals surface area (Å²) >= 11 is 0. The number of carbonyl (C=O) groups is 3. The van der Waals surface area contributed by atoms with Crippen molar-refractivity contribution in [3.63, 3.8) is 0 Å². The average Bonchev–Trinajstić information content (AvgIpc) is 2.80. The van der Waals surface area contributed by atoms with E-state index in [4.69, 9.17) is 14.9 Å². The second-order valence-electron chi connectivity index (χ2n) is 8.55. The number of methoxy groups -OCH3 is 1. The number of ether oxygens (including phenoxy) is 2. The number of rotatable bonds is 12. The van der Waals surface area contributed by atoms with Crippen molar-refractivity contribution in [3.8, 4) is 5.75 Å². The fourth-order valence-corrected chi connectivity index (χ4v) is 3.14. The molecule has 0 heterocycles. The van der Waals surface area contributed by atoms with Gasteiger partial charge in [-0.3, -0.25) is 14.4 Å². The quantitative estimate of drug-likeness (QED) is 0.175. The number of allylic oxidation sites excluding steroid dienone is 1. The first kappa shape index (κ1) is 31.8. The maximum absolute atomic E-state index is 12.5. The van der Waals surface area contributed by atoms with Gasteiger partial charge in [-0.2, -0.15) is 0 Å². The Balaban J connectivity index is 0.00000106. The predicted molar refractivity (Wildman–Crippen MR) is 140 cm³/mol. The van der Waals surface area contributed by atoms with Gasteiger partial charge in [-0.25, -0.2) is 0 Å². The summed E-state index contributed by atoms with van der Waals surface area (Å²) in [5.41, 5.74) is 2.55. The molecule has 0 aliphatic heterocycles. The highest BCUT2D eigenvalue weighted by Gasteiger charge is 2.26. The minimum absolute atomic E-state index is 0.113. The Labute approximate surface area is 210 Å². The third-order valence-corrected chi connectivity index (χ3v) is 5.18. The van der Waals surface area contributed by atoms with Crippen molar-refractivity contribution in [3.05, 3.63) is 41.0 Å². The topological polar surface area (TPSA) is 118 Å². The first-order valence-corrected chi connectivity index (χ1v) is 12.1. The highest BCUT2D eigenvalue weighted by molar-refractivity contribution is 6.20. The third kappa shape index (κ3) is 12.8. The van der Waals surface area contributed by atoms with Crippen LogP contribution in [-0.4, -0.2) is 49.8 Å². The molecule has 0 aliphatic rings.